The number of hydrogen-bond donors (Lipinski definition) is 0. The van der Waals surface area contributed by atoms with Crippen LogP contribution in [0.2, 0.25) is 0 Å². The normalized spacial score (nSPS) is 19.1. The third-order valence-corrected chi connectivity index (χ3v) is 2.61. The molecule has 4 heteroatoms. The Morgan fingerprint density at radius 3 is 3.06 bits per heavy atom. The number of hydrogen-bond acceptors (Lipinski definition) is 4. The highest BCUT2D eigenvalue weighted by molar-refractivity contribution is 5.33. The lowest BCUT2D eigenvalue weighted by molar-refractivity contribution is -0.154. The molecule has 1 atom stereocenters. The Balaban J connectivity index is 1.85. The van der Waals surface area contributed by atoms with Crippen LogP contribution in [0.25, 0.3) is 0 Å². The summed E-state index contributed by atoms with van der Waals surface area (Å²) < 4.78 is 15.7. The van der Waals surface area contributed by atoms with Crippen molar-refractivity contribution in [3.8, 4) is 11.8 Å². The molecule has 4 nitrogen and oxygen atoms in total. The highest BCUT2D eigenvalue weighted by Crippen LogP contribution is 2.13. The second-order valence-electron chi connectivity index (χ2n) is 4.18. The van der Waals surface area contributed by atoms with Crippen molar-refractivity contribution in [2.45, 2.75) is 32.5 Å². The molecule has 0 N–H and O–H groups in total. The second kappa shape index (κ2) is 6.39. The van der Waals surface area contributed by atoms with Crippen LogP contribution in [0.3, 0.4) is 0 Å². The minimum absolute atomic E-state index is 0.129. The maximum absolute atomic E-state index is 11.1. The molecule has 0 spiro atoms. The van der Waals surface area contributed by atoms with Gasteiger partial charge in [-0.15, -0.1) is 0 Å². The van der Waals surface area contributed by atoms with Gasteiger partial charge in [0.05, 0.1) is 0 Å². The van der Waals surface area contributed by atoms with Crippen LogP contribution < -0.4 is 5.63 Å². The second-order valence-corrected chi connectivity index (χ2v) is 4.18. The quantitative estimate of drug-likeness (QED) is 0.749. The molecule has 1 fully saturated rings. The molecule has 2 heterocycles. The van der Waals surface area contributed by atoms with Crippen molar-refractivity contribution < 1.29 is 13.9 Å². The fraction of sp³-hybridized carbons (Fsp3) is 0.500. The van der Waals surface area contributed by atoms with Gasteiger partial charge in [0.1, 0.15) is 12.4 Å². The monoisotopic (exact) mass is 248 g/mol. The van der Waals surface area contributed by atoms with Crippen molar-refractivity contribution in [3.05, 3.63) is 33.9 Å². The topological polar surface area (TPSA) is 48.7 Å². The molecule has 0 aliphatic carbocycles. The van der Waals surface area contributed by atoms with E-state index >= 15 is 0 Å². The average molecular weight is 248 g/mol. The Kier molecular flexibility index (Phi) is 4.57. The maximum atomic E-state index is 11.1. The van der Waals surface area contributed by atoms with E-state index in [1.54, 1.807) is 13.0 Å². The minimum atomic E-state index is -0.379. The lowest BCUT2D eigenvalue weighted by atomic mass is 10.2. The highest BCUT2D eigenvalue weighted by Gasteiger charge is 2.12. The van der Waals surface area contributed by atoms with Gasteiger partial charge in [-0.2, -0.15) is 0 Å². The summed E-state index contributed by atoms with van der Waals surface area (Å²) in [7, 11) is 0. The van der Waals surface area contributed by atoms with Crippen LogP contribution in [-0.4, -0.2) is 19.5 Å². The molecule has 1 aromatic heterocycles. The predicted molar refractivity (Wildman–Crippen MR) is 66.1 cm³/mol. The Labute approximate surface area is 106 Å². The van der Waals surface area contributed by atoms with E-state index in [9.17, 15) is 4.79 Å². The van der Waals surface area contributed by atoms with Crippen molar-refractivity contribution in [1.82, 2.24) is 0 Å². The van der Waals surface area contributed by atoms with E-state index in [1.807, 2.05) is 0 Å². The van der Waals surface area contributed by atoms with Gasteiger partial charge in [0, 0.05) is 18.2 Å². The Morgan fingerprint density at radius 2 is 2.33 bits per heavy atom. The molecule has 0 radical (unpaired) electrons. The standard InChI is InChI=1S/C14H16O4/c1-11-9-12(10-13(15)18-11)5-4-8-17-14-6-2-3-7-16-14/h9-10,14H,2-3,6-8H2,1H3. The molecule has 0 amide bonds. The molecule has 1 aromatic rings. The third-order valence-electron chi connectivity index (χ3n) is 2.61. The first kappa shape index (κ1) is 12.9. The van der Waals surface area contributed by atoms with Gasteiger partial charge < -0.3 is 13.9 Å². The first-order valence-corrected chi connectivity index (χ1v) is 6.08. The molecule has 2 rings (SSSR count). The van der Waals surface area contributed by atoms with Gasteiger partial charge in [-0.25, -0.2) is 4.79 Å². The summed E-state index contributed by atoms with van der Waals surface area (Å²) in [5.74, 6) is 6.30. The summed E-state index contributed by atoms with van der Waals surface area (Å²) >= 11 is 0. The van der Waals surface area contributed by atoms with Crippen LogP contribution in [0.5, 0.6) is 0 Å². The van der Waals surface area contributed by atoms with E-state index in [-0.39, 0.29) is 11.9 Å². The smallest absolute Gasteiger partial charge is 0.337 e. The zero-order chi connectivity index (χ0) is 12.8. The van der Waals surface area contributed by atoms with E-state index in [2.05, 4.69) is 11.8 Å². The van der Waals surface area contributed by atoms with Crippen molar-refractivity contribution in [2.75, 3.05) is 13.2 Å². The molecule has 1 unspecified atom stereocenters. The Morgan fingerprint density at radius 1 is 1.44 bits per heavy atom. The summed E-state index contributed by atoms with van der Waals surface area (Å²) in [6.45, 7) is 2.79. The summed E-state index contributed by atoms with van der Waals surface area (Å²) in [6, 6.07) is 3.10. The van der Waals surface area contributed by atoms with Crippen molar-refractivity contribution in [2.24, 2.45) is 0 Å². The van der Waals surface area contributed by atoms with E-state index in [0.717, 1.165) is 25.9 Å². The molecule has 18 heavy (non-hydrogen) atoms. The fourth-order valence-electron chi connectivity index (χ4n) is 1.79. The molecule has 0 bridgehead atoms. The zero-order valence-corrected chi connectivity index (χ0v) is 10.4. The van der Waals surface area contributed by atoms with Crippen LogP contribution >= 0.6 is 0 Å². The van der Waals surface area contributed by atoms with Crippen LogP contribution in [0.1, 0.15) is 30.6 Å². The number of aryl methyl sites for hydroxylation is 1. The maximum Gasteiger partial charge on any atom is 0.337 e. The summed E-state index contributed by atoms with van der Waals surface area (Å²) in [4.78, 5) is 11.1. The van der Waals surface area contributed by atoms with Crippen molar-refractivity contribution in [3.63, 3.8) is 0 Å². The highest BCUT2D eigenvalue weighted by atomic mass is 16.7. The van der Waals surface area contributed by atoms with Crippen LogP contribution in [0.15, 0.2) is 21.3 Å². The molecule has 1 saturated heterocycles. The lowest BCUT2D eigenvalue weighted by Gasteiger charge is -2.21. The zero-order valence-electron chi connectivity index (χ0n) is 10.4. The van der Waals surface area contributed by atoms with E-state index in [0.29, 0.717) is 17.9 Å². The van der Waals surface area contributed by atoms with Crippen molar-refractivity contribution in [1.29, 1.82) is 0 Å². The average Bonchev–Trinajstić information content (AvgIpc) is 2.35. The van der Waals surface area contributed by atoms with Gasteiger partial charge in [-0.05, 0) is 32.3 Å². The lowest BCUT2D eigenvalue weighted by Crippen LogP contribution is -2.22. The van der Waals surface area contributed by atoms with Crippen LogP contribution in [0, 0.1) is 18.8 Å². The largest absolute Gasteiger partial charge is 0.428 e. The summed E-state index contributed by atoms with van der Waals surface area (Å²) in [5, 5.41) is 0. The first-order chi connectivity index (χ1) is 8.74. The minimum Gasteiger partial charge on any atom is -0.428 e. The number of rotatable bonds is 2. The molecule has 0 saturated carbocycles. The Bertz CT molecular complexity index is 501. The fourth-order valence-corrected chi connectivity index (χ4v) is 1.79. The van der Waals surface area contributed by atoms with Gasteiger partial charge in [-0.1, -0.05) is 11.8 Å². The predicted octanol–water partition coefficient (Wildman–Crippen LogP) is 1.84. The van der Waals surface area contributed by atoms with Gasteiger partial charge >= 0.3 is 5.63 Å². The molecule has 1 aliphatic rings. The molecular formula is C14H16O4. The van der Waals surface area contributed by atoms with Gasteiger partial charge in [0.25, 0.3) is 0 Å². The molecule has 96 valence electrons. The van der Waals surface area contributed by atoms with E-state index in [4.69, 9.17) is 13.9 Å². The SMILES string of the molecule is Cc1cc(C#CCOC2CCCCO2)cc(=O)o1. The van der Waals surface area contributed by atoms with Crippen LogP contribution in [-0.2, 0) is 9.47 Å². The molecule has 0 aromatic carbocycles. The molecule has 1 aliphatic heterocycles. The van der Waals surface area contributed by atoms with E-state index in [1.165, 1.54) is 6.07 Å². The third kappa shape index (κ3) is 4.02. The Hall–Kier alpha value is -1.57. The van der Waals surface area contributed by atoms with Crippen LogP contribution in [0.4, 0.5) is 0 Å². The summed E-state index contributed by atoms with van der Waals surface area (Å²) in [6.07, 6.45) is 3.03. The first-order valence-electron chi connectivity index (χ1n) is 6.08. The van der Waals surface area contributed by atoms with E-state index < -0.39 is 0 Å². The number of ether oxygens (including phenoxy) is 2. The van der Waals surface area contributed by atoms with Gasteiger partial charge in [-0.3, -0.25) is 0 Å². The molecular weight excluding hydrogens is 232 g/mol. The van der Waals surface area contributed by atoms with Crippen molar-refractivity contribution >= 4 is 0 Å². The van der Waals surface area contributed by atoms with Gasteiger partial charge in [0.15, 0.2) is 6.29 Å². The summed E-state index contributed by atoms with van der Waals surface area (Å²) in [5.41, 5.74) is 0.271. The van der Waals surface area contributed by atoms with Gasteiger partial charge in [0.2, 0.25) is 0 Å².